The Morgan fingerprint density at radius 1 is 0.922 bits per heavy atom. The van der Waals surface area contributed by atoms with Crippen molar-refractivity contribution in [2.45, 2.75) is 38.0 Å². The number of amides is 2. The van der Waals surface area contributed by atoms with Gasteiger partial charge in [0.25, 0.3) is 5.91 Å². The van der Waals surface area contributed by atoms with E-state index in [4.69, 9.17) is 4.74 Å². The molecule has 11 heteroatoms. The van der Waals surface area contributed by atoms with Gasteiger partial charge in [0, 0.05) is 36.7 Å². The van der Waals surface area contributed by atoms with Gasteiger partial charge in [-0.1, -0.05) is 60.7 Å². The number of benzene rings is 4. The van der Waals surface area contributed by atoms with Crippen molar-refractivity contribution in [2.24, 2.45) is 5.92 Å². The number of pyridine rings is 1. The van der Waals surface area contributed by atoms with Crippen LogP contribution in [0.25, 0.3) is 10.9 Å². The van der Waals surface area contributed by atoms with E-state index in [1.807, 2.05) is 83.8 Å². The standard InChI is InChI=1S/C40H42N4O7/c45-34-18-16-32(33-17-19-36(47)42-38(33)34)35(46)23-41-20-5-21-44(24-26-10-11-26)39(48)29-14-12-27(13-15-29)25-51-31-9-4-8-30(22-31)37(43-40(49)50)28-6-2-1-3-7-28/h1-4,6-9,12-19,22,26,35,37,41,43,45-46H,5,10-11,20-21,23-25H2,(H,42,47)(H,49,50)/t35-,37-/m0/s1. The van der Waals surface area contributed by atoms with Gasteiger partial charge in [-0.3, -0.25) is 9.59 Å². The van der Waals surface area contributed by atoms with Crippen molar-refractivity contribution >= 4 is 22.9 Å². The molecule has 1 aromatic heterocycles. The number of H-pyrrole nitrogens is 1. The number of fused-ring (bicyclic) bond motifs is 1. The Labute approximate surface area is 295 Å². The van der Waals surface area contributed by atoms with Gasteiger partial charge in [0.1, 0.15) is 18.1 Å². The minimum Gasteiger partial charge on any atom is -0.506 e. The average Bonchev–Trinajstić information content (AvgIpc) is 3.97. The highest BCUT2D eigenvalue weighted by Gasteiger charge is 2.27. The molecule has 0 radical (unpaired) electrons. The molecule has 1 saturated carbocycles. The van der Waals surface area contributed by atoms with Crippen LogP contribution in [-0.2, 0) is 6.61 Å². The van der Waals surface area contributed by atoms with E-state index in [1.54, 1.807) is 12.1 Å². The predicted octanol–water partition coefficient (Wildman–Crippen LogP) is 5.74. The lowest BCUT2D eigenvalue weighted by Crippen LogP contribution is -2.35. The van der Waals surface area contributed by atoms with Crippen LogP contribution in [-0.4, -0.2) is 63.4 Å². The van der Waals surface area contributed by atoms with Gasteiger partial charge in [0.15, 0.2) is 0 Å². The summed E-state index contributed by atoms with van der Waals surface area (Å²) >= 11 is 0. The third kappa shape index (κ3) is 9.33. The monoisotopic (exact) mass is 690 g/mol. The van der Waals surface area contributed by atoms with Crippen LogP contribution in [0.1, 0.15) is 64.0 Å². The molecule has 0 spiro atoms. The number of ether oxygens (including phenoxy) is 1. The Morgan fingerprint density at radius 3 is 2.43 bits per heavy atom. The lowest BCUT2D eigenvalue weighted by Gasteiger charge is -2.23. The van der Waals surface area contributed by atoms with Gasteiger partial charge >= 0.3 is 6.09 Å². The van der Waals surface area contributed by atoms with Crippen molar-refractivity contribution in [3.05, 3.63) is 141 Å². The van der Waals surface area contributed by atoms with E-state index in [0.717, 1.165) is 29.5 Å². The van der Waals surface area contributed by atoms with Crippen molar-refractivity contribution in [3.8, 4) is 11.5 Å². The third-order valence-electron chi connectivity index (χ3n) is 9.05. The maximum absolute atomic E-state index is 13.6. The van der Waals surface area contributed by atoms with Crippen LogP contribution in [0.15, 0.2) is 108 Å². The molecule has 264 valence electrons. The highest BCUT2D eigenvalue weighted by molar-refractivity contribution is 5.94. The van der Waals surface area contributed by atoms with Crippen molar-refractivity contribution in [2.75, 3.05) is 26.2 Å². The number of nitrogens with zero attached hydrogens (tertiary/aromatic N) is 1. The topological polar surface area (TPSA) is 164 Å². The normalized spacial score (nSPS) is 13.7. The molecule has 2 atom stereocenters. The minimum absolute atomic E-state index is 0.0236. The van der Waals surface area contributed by atoms with Gasteiger partial charge in [0.05, 0.1) is 17.7 Å². The fraction of sp³-hybridized carbons (Fsp3) is 0.275. The summed E-state index contributed by atoms with van der Waals surface area (Å²) in [7, 11) is 0. The first-order valence-electron chi connectivity index (χ1n) is 17.1. The van der Waals surface area contributed by atoms with Gasteiger partial charge in [-0.25, -0.2) is 4.79 Å². The minimum atomic E-state index is -1.12. The van der Waals surface area contributed by atoms with E-state index >= 15 is 0 Å². The second kappa shape index (κ2) is 16.4. The molecule has 1 heterocycles. The maximum Gasteiger partial charge on any atom is 0.405 e. The van der Waals surface area contributed by atoms with Crippen molar-refractivity contribution in [3.63, 3.8) is 0 Å². The van der Waals surface area contributed by atoms with Gasteiger partial charge in [0.2, 0.25) is 5.56 Å². The molecule has 11 nitrogen and oxygen atoms in total. The molecule has 2 amide bonds. The molecule has 0 unspecified atom stereocenters. The molecular formula is C40H42N4O7. The second-order valence-corrected chi connectivity index (χ2v) is 12.9. The van der Waals surface area contributed by atoms with Crippen molar-refractivity contribution in [1.82, 2.24) is 20.5 Å². The highest BCUT2D eigenvalue weighted by Crippen LogP contribution is 2.31. The van der Waals surface area contributed by atoms with E-state index < -0.39 is 18.2 Å². The average molecular weight is 691 g/mol. The zero-order valence-corrected chi connectivity index (χ0v) is 28.1. The molecule has 5 aromatic rings. The third-order valence-corrected chi connectivity index (χ3v) is 9.05. The number of aliphatic hydroxyl groups excluding tert-OH is 1. The largest absolute Gasteiger partial charge is 0.506 e. The number of rotatable bonds is 16. The number of phenolic OH excluding ortho intramolecular Hbond substituents is 1. The molecule has 0 aliphatic heterocycles. The zero-order chi connectivity index (χ0) is 35.7. The summed E-state index contributed by atoms with van der Waals surface area (Å²) in [5, 5.41) is 36.9. The Hall–Kier alpha value is -5.65. The molecule has 0 bridgehead atoms. The first-order chi connectivity index (χ1) is 24.7. The molecule has 6 N–H and O–H groups in total. The molecule has 4 aromatic carbocycles. The first-order valence-corrected chi connectivity index (χ1v) is 17.1. The Kier molecular flexibility index (Phi) is 11.3. The van der Waals surface area contributed by atoms with Crippen LogP contribution < -0.4 is 20.9 Å². The summed E-state index contributed by atoms with van der Waals surface area (Å²) in [5.41, 5.74) is 3.64. The van der Waals surface area contributed by atoms with Gasteiger partial charge in [-0.05, 0) is 90.4 Å². The van der Waals surface area contributed by atoms with E-state index in [9.17, 15) is 29.7 Å². The number of nitrogens with one attached hydrogen (secondary N) is 3. The molecule has 1 aliphatic rings. The summed E-state index contributed by atoms with van der Waals surface area (Å²) < 4.78 is 6.06. The molecule has 51 heavy (non-hydrogen) atoms. The summed E-state index contributed by atoms with van der Waals surface area (Å²) in [6, 6.07) is 29.7. The van der Waals surface area contributed by atoms with Crippen LogP contribution in [0.3, 0.4) is 0 Å². The number of aromatic nitrogens is 1. The predicted molar refractivity (Wildman–Crippen MR) is 194 cm³/mol. The Balaban J connectivity index is 1.01. The summed E-state index contributed by atoms with van der Waals surface area (Å²) in [6.07, 6.45) is 0.975. The lowest BCUT2D eigenvalue weighted by atomic mass is 9.98. The van der Waals surface area contributed by atoms with Crippen molar-refractivity contribution in [1.29, 1.82) is 0 Å². The first kappa shape index (κ1) is 35.2. The van der Waals surface area contributed by atoms with E-state index in [-0.39, 0.29) is 30.4 Å². The second-order valence-electron chi connectivity index (χ2n) is 12.9. The number of aromatic amines is 1. The number of aromatic hydroxyl groups is 1. The van der Waals surface area contributed by atoms with E-state index in [1.165, 1.54) is 12.1 Å². The van der Waals surface area contributed by atoms with Gasteiger partial charge in [-0.2, -0.15) is 0 Å². The molecule has 1 aliphatic carbocycles. The van der Waals surface area contributed by atoms with Crippen LogP contribution in [0.4, 0.5) is 4.79 Å². The molecular weight excluding hydrogens is 648 g/mol. The zero-order valence-electron chi connectivity index (χ0n) is 28.1. The van der Waals surface area contributed by atoms with Crippen LogP contribution in [0.5, 0.6) is 11.5 Å². The molecule has 1 fully saturated rings. The summed E-state index contributed by atoms with van der Waals surface area (Å²) in [4.78, 5) is 41.3. The fourth-order valence-corrected chi connectivity index (χ4v) is 6.19. The number of phenols is 1. The number of carbonyl (C=O) groups is 2. The quantitative estimate of drug-likeness (QED) is 0.0715. The number of aliphatic hydroxyl groups is 1. The fourth-order valence-electron chi connectivity index (χ4n) is 6.19. The van der Waals surface area contributed by atoms with Crippen LogP contribution in [0, 0.1) is 5.92 Å². The van der Waals surface area contributed by atoms with Gasteiger partial charge < -0.3 is 40.6 Å². The molecule has 6 rings (SSSR count). The van der Waals surface area contributed by atoms with Crippen molar-refractivity contribution < 1.29 is 29.6 Å². The summed E-state index contributed by atoms with van der Waals surface area (Å²) in [5.74, 6) is 1.05. The lowest BCUT2D eigenvalue weighted by molar-refractivity contribution is 0.0744. The smallest absolute Gasteiger partial charge is 0.405 e. The maximum atomic E-state index is 13.6. The Morgan fingerprint density at radius 2 is 1.69 bits per heavy atom. The molecule has 0 saturated heterocycles. The summed E-state index contributed by atoms with van der Waals surface area (Å²) in [6.45, 7) is 2.43. The van der Waals surface area contributed by atoms with E-state index in [0.29, 0.717) is 59.8 Å². The van der Waals surface area contributed by atoms with Crippen LogP contribution >= 0.6 is 0 Å². The van der Waals surface area contributed by atoms with Gasteiger partial charge in [-0.15, -0.1) is 0 Å². The number of carbonyl (C=O) groups excluding carboxylic acids is 1. The van der Waals surface area contributed by atoms with Crippen LogP contribution in [0.2, 0.25) is 0 Å². The number of hydrogen-bond donors (Lipinski definition) is 6. The SMILES string of the molecule is O=C(O)N[C@@H](c1ccccc1)c1cccc(OCc2ccc(C(=O)N(CCCNC[C@H](O)c3ccc(O)c4[nH]c(=O)ccc34)CC3CC3)cc2)c1. The number of carboxylic acid groups (broad SMARTS) is 1. The number of hydrogen-bond acceptors (Lipinski definition) is 7. The Bertz CT molecular complexity index is 2010. The highest BCUT2D eigenvalue weighted by atomic mass is 16.5. The van der Waals surface area contributed by atoms with E-state index in [2.05, 4.69) is 15.6 Å².